The number of piperidine rings is 1. The number of hydrogen-bond donors (Lipinski definition) is 1. The van der Waals surface area contributed by atoms with E-state index in [0.29, 0.717) is 49.5 Å². The van der Waals surface area contributed by atoms with Crippen LogP contribution in [0.25, 0.3) is 10.9 Å². The van der Waals surface area contributed by atoms with Crippen molar-refractivity contribution in [2.45, 2.75) is 19.4 Å². The van der Waals surface area contributed by atoms with Crippen molar-refractivity contribution in [3.05, 3.63) is 53.7 Å². The van der Waals surface area contributed by atoms with Crippen molar-refractivity contribution < 1.29 is 19.0 Å². The van der Waals surface area contributed by atoms with Gasteiger partial charge in [-0.15, -0.1) is 0 Å². The van der Waals surface area contributed by atoms with Gasteiger partial charge in [-0.05, 0) is 42.7 Å². The Bertz CT molecular complexity index is 1230. The Labute approximate surface area is 199 Å². The van der Waals surface area contributed by atoms with Crippen LogP contribution in [0.5, 0.6) is 17.2 Å². The first-order valence-corrected chi connectivity index (χ1v) is 11.2. The first-order valence-electron chi connectivity index (χ1n) is 11.2. The molecule has 1 fully saturated rings. The number of hydrogen-bond acceptors (Lipinski definition) is 7. The summed E-state index contributed by atoms with van der Waals surface area (Å²) in [7, 11) is 4.80. The van der Waals surface area contributed by atoms with E-state index in [-0.39, 0.29) is 11.8 Å². The van der Waals surface area contributed by atoms with Gasteiger partial charge in [0.1, 0.15) is 11.8 Å². The number of fused-ring (bicyclic) bond motifs is 1. The zero-order valence-corrected chi connectivity index (χ0v) is 19.6. The number of nitriles is 1. The van der Waals surface area contributed by atoms with Crippen LogP contribution in [-0.4, -0.2) is 45.3 Å². The minimum Gasteiger partial charge on any atom is -0.497 e. The van der Waals surface area contributed by atoms with Crippen molar-refractivity contribution in [1.29, 1.82) is 5.26 Å². The molecule has 3 aromatic rings. The van der Waals surface area contributed by atoms with Crippen LogP contribution in [0.1, 0.15) is 24.0 Å². The van der Waals surface area contributed by atoms with Gasteiger partial charge in [-0.1, -0.05) is 6.07 Å². The van der Waals surface area contributed by atoms with Gasteiger partial charge < -0.3 is 24.4 Å². The maximum atomic E-state index is 12.8. The van der Waals surface area contributed by atoms with Crippen LogP contribution in [0.4, 0.5) is 5.69 Å². The average molecular weight is 461 g/mol. The van der Waals surface area contributed by atoms with E-state index < -0.39 is 0 Å². The summed E-state index contributed by atoms with van der Waals surface area (Å²) in [5, 5.41) is 13.6. The quantitative estimate of drug-likeness (QED) is 0.575. The Morgan fingerprint density at radius 1 is 1.09 bits per heavy atom. The molecule has 0 radical (unpaired) electrons. The summed E-state index contributed by atoms with van der Waals surface area (Å²) in [6.07, 6.45) is 3.03. The van der Waals surface area contributed by atoms with Crippen molar-refractivity contribution >= 4 is 22.5 Å². The summed E-state index contributed by atoms with van der Waals surface area (Å²) in [5.41, 5.74) is 3.14. The molecule has 2 aromatic carbocycles. The van der Waals surface area contributed by atoms with E-state index in [1.807, 2.05) is 36.4 Å². The van der Waals surface area contributed by atoms with Gasteiger partial charge >= 0.3 is 0 Å². The smallest absolute Gasteiger partial charge is 0.223 e. The second kappa shape index (κ2) is 10.3. The van der Waals surface area contributed by atoms with Gasteiger partial charge in [-0.3, -0.25) is 9.78 Å². The van der Waals surface area contributed by atoms with Gasteiger partial charge in [0.2, 0.25) is 5.91 Å². The van der Waals surface area contributed by atoms with E-state index in [1.54, 1.807) is 27.5 Å². The van der Waals surface area contributed by atoms with E-state index in [4.69, 9.17) is 14.2 Å². The molecule has 0 aliphatic carbocycles. The van der Waals surface area contributed by atoms with Crippen LogP contribution in [-0.2, 0) is 11.3 Å². The number of methoxy groups -OCH3 is 3. The summed E-state index contributed by atoms with van der Waals surface area (Å²) in [4.78, 5) is 19.4. The predicted octanol–water partition coefficient (Wildman–Crippen LogP) is 3.67. The molecule has 1 aliphatic rings. The minimum absolute atomic E-state index is 0.0410. The van der Waals surface area contributed by atoms with Crippen molar-refractivity contribution in [3.8, 4) is 23.3 Å². The summed E-state index contributed by atoms with van der Waals surface area (Å²) >= 11 is 0. The van der Waals surface area contributed by atoms with Gasteiger partial charge in [0.25, 0.3) is 0 Å². The third-order valence-electron chi connectivity index (χ3n) is 6.26. The molecule has 0 atom stereocenters. The number of amides is 1. The molecule has 0 bridgehead atoms. The van der Waals surface area contributed by atoms with Gasteiger partial charge in [0, 0.05) is 43.2 Å². The highest BCUT2D eigenvalue weighted by Gasteiger charge is 2.27. The van der Waals surface area contributed by atoms with Crippen LogP contribution in [0.2, 0.25) is 0 Å². The topological polar surface area (TPSA) is 96.7 Å². The monoisotopic (exact) mass is 460 g/mol. The molecule has 1 N–H and O–H groups in total. The molecule has 34 heavy (non-hydrogen) atoms. The van der Waals surface area contributed by atoms with Crippen LogP contribution in [0, 0.1) is 17.2 Å². The number of anilines is 1. The van der Waals surface area contributed by atoms with E-state index >= 15 is 0 Å². The maximum absolute atomic E-state index is 12.8. The fourth-order valence-corrected chi connectivity index (χ4v) is 4.40. The van der Waals surface area contributed by atoms with Gasteiger partial charge in [0.05, 0.1) is 38.1 Å². The third-order valence-corrected chi connectivity index (χ3v) is 6.26. The summed E-state index contributed by atoms with van der Waals surface area (Å²) in [6.45, 7) is 1.80. The lowest BCUT2D eigenvalue weighted by molar-refractivity contribution is -0.125. The molecule has 0 unspecified atom stereocenters. The molecule has 2 heterocycles. The standard InChI is InChI=1S/C26H28N4O4/c1-32-20-5-6-21-22(13-20)28-16-19(14-27)25(21)30-10-8-18(9-11-30)26(31)29-15-17-4-7-23(33-2)24(12-17)34-3/h4-7,12-13,16,18H,8-11,15H2,1-3H3,(H,29,31). The van der Waals surface area contributed by atoms with Crippen LogP contribution < -0.4 is 24.4 Å². The highest BCUT2D eigenvalue weighted by atomic mass is 16.5. The zero-order chi connectivity index (χ0) is 24.1. The van der Waals surface area contributed by atoms with Crippen molar-refractivity contribution in [1.82, 2.24) is 10.3 Å². The SMILES string of the molecule is COc1ccc2c(N3CCC(C(=O)NCc4ccc(OC)c(OC)c4)CC3)c(C#N)cnc2c1. The molecular formula is C26H28N4O4. The number of benzene rings is 2. The van der Waals surface area contributed by atoms with E-state index in [1.165, 1.54) is 0 Å². The second-order valence-electron chi connectivity index (χ2n) is 8.18. The lowest BCUT2D eigenvalue weighted by Gasteiger charge is -2.34. The highest BCUT2D eigenvalue weighted by Crippen LogP contribution is 2.34. The number of rotatable bonds is 7. The van der Waals surface area contributed by atoms with E-state index in [0.717, 1.165) is 27.9 Å². The fourth-order valence-electron chi connectivity index (χ4n) is 4.40. The van der Waals surface area contributed by atoms with Crippen molar-refractivity contribution in [2.24, 2.45) is 5.92 Å². The maximum Gasteiger partial charge on any atom is 0.223 e. The molecule has 1 amide bonds. The lowest BCUT2D eigenvalue weighted by Crippen LogP contribution is -2.40. The first kappa shape index (κ1) is 23.2. The van der Waals surface area contributed by atoms with Crippen LogP contribution in [0.15, 0.2) is 42.6 Å². The fraction of sp³-hybridized carbons (Fsp3) is 0.346. The summed E-state index contributed by atoms with van der Waals surface area (Å²) in [5.74, 6) is 1.98. The molecule has 4 rings (SSSR count). The van der Waals surface area contributed by atoms with Crippen molar-refractivity contribution in [2.75, 3.05) is 39.3 Å². The van der Waals surface area contributed by atoms with Crippen LogP contribution in [0.3, 0.4) is 0 Å². The van der Waals surface area contributed by atoms with Crippen LogP contribution >= 0.6 is 0 Å². The Kier molecular flexibility index (Phi) is 7.02. The van der Waals surface area contributed by atoms with Gasteiger partial charge in [-0.2, -0.15) is 5.26 Å². The molecule has 8 nitrogen and oxygen atoms in total. The molecule has 176 valence electrons. The molecular weight excluding hydrogens is 432 g/mol. The Morgan fingerprint density at radius 2 is 1.85 bits per heavy atom. The molecule has 1 aliphatic heterocycles. The lowest BCUT2D eigenvalue weighted by atomic mass is 9.94. The predicted molar refractivity (Wildman–Crippen MR) is 129 cm³/mol. The number of carbonyl (C=O) groups excluding carboxylic acids is 1. The minimum atomic E-state index is -0.0740. The first-order chi connectivity index (χ1) is 16.6. The molecule has 8 heteroatoms. The van der Waals surface area contributed by atoms with Gasteiger partial charge in [-0.25, -0.2) is 0 Å². The molecule has 0 saturated carbocycles. The molecule has 1 aromatic heterocycles. The highest BCUT2D eigenvalue weighted by molar-refractivity contribution is 5.95. The molecule has 1 saturated heterocycles. The number of ether oxygens (including phenoxy) is 3. The second-order valence-corrected chi connectivity index (χ2v) is 8.18. The third kappa shape index (κ3) is 4.69. The normalized spacial score (nSPS) is 13.9. The average Bonchev–Trinajstić information content (AvgIpc) is 2.90. The molecule has 0 spiro atoms. The number of pyridine rings is 1. The zero-order valence-electron chi connectivity index (χ0n) is 19.6. The van der Waals surface area contributed by atoms with Crippen molar-refractivity contribution in [3.63, 3.8) is 0 Å². The Balaban J connectivity index is 1.42. The van der Waals surface area contributed by atoms with Gasteiger partial charge in [0.15, 0.2) is 11.5 Å². The Morgan fingerprint density at radius 3 is 2.53 bits per heavy atom. The number of carbonyl (C=O) groups is 1. The Hall–Kier alpha value is -3.99. The largest absolute Gasteiger partial charge is 0.497 e. The van der Waals surface area contributed by atoms with E-state index in [2.05, 4.69) is 21.3 Å². The number of aromatic nitrogens is 1. The number of nitrogens with zero attached hydrogens (tertiary/aromatic N) is 3. The summed E-state index contributed by atoms with van der Waals surface area (Å²) in [6, 6.07) is 13.6. The summed E-state index contributed by atoms with van der Waals surface area (Å²) < 4.78 is 15.9. The van der Waals surface area contributed by atoms with E-state index in [9.17, 15) is 10.1 Å². The number of nitrogens with one attached hydrogen (secondary N) is 1.